The highest BCUT2D eigenvalue weighted by molar-refractivity contribution is 5.94. The molecular formula is C22H24N2O. The topological polar surface area (TPSA) is 36.1 Å². The van der Waals surface area contributed by atoms with Crippen LogP contribution in [0.5, 0.6) is 0 Å². The number of aromatic amines is 1. The summed E-state index contributed by atoms with van der Waals surface area (Å²) in [6, 6.07) is 14.6. The van der Waals surface area contributed by atoms with E-state index >= 15 is 0 Å². The number of H-pyrrole nitrogens is 1. The van der Waals surface area contributed by atoms with Crippen molar-refractivity contribution in [1.82, 2.24) is 9.88 Å². The molecule has 0 unspecified atom stereocenters. The Bertz CT molecular complexity index is 896. The van der Waals surface area contributed by atoms with Crippen molar-refractivity contribution in [3.05, 3.63) is 70.9 Å². The van der Waals surface area contributed by atoms with Crippen LogP contribution in [0.2, 0.25) is 0 Å². The molecule has 3 nitrogen and oxygen atoms in total. The first-order valence-corrected chi connectivity index (χ1v) is 9.05. The molecule has 25 heavy (non-hydrogen) atoms. The third kappa shape index (κ3) is 3.07. The molecule has 1 saturated heterocycles. The second-order valence-electron chi connectivity index (χ2n) is 7.23. The molecule has 0 radical (unpaired) electrons. The van der Waals surface area contributed by atoms with Gasteiger partial charge in [0.15, 0.2) is 0 Å². The lowest BCUT2D eigenvalue weighted by Gasteiger charge is -2.32. The van der Waals surface area contributed by atoms with Crippen molar-refractivity contribution < 1.29 is 4.79 Å². The SMILES string of the molecule is Cc1cc(C)cc(C(=O)N2CCC(c3c[nH]c4ccccc34)CC2)c1. The highest BCUT2D eigenvalue weighted by Crippen LogP contribution is 2.33. The minimum absolute atomic E-state index is 0.171. The number of para-hydroxylation sites is 1. The first-order chi connectivity index (χ1) is 12.1. The summed E-state index contributed by atoms with van der Waals surface area (Å²) in [7, 11) is 0. The van der Waals surface area contributed by atoms with Crippen LogP contribution in [0.4, 0.5) is 0 Å². The Morgan fingerprint density at radius 2 is 1.72 bits per heavy atom. The van der Waals surface area contributed by atoms with E-state index in [1.807, 2.05) is 30.9 Å². The normalized spacial score (nSPS) is 15.7. The van der Waals surface area contributed by atoms with Crippen LogP contribution in [0.15, 0.2) is 48.7 Å². The summed E-state index contributed by atoms with van der Waals surface area (Å²) in [4.78, 5) is 18.2. The number of amides is 1. The molecule has 128 valence electrons. The number of nitrogens with zero attached hydrogens (tertiary/aromatic N) is 1. The van der Waals surface area contributed by atoms with Gasteiger partial charge in [-0.3, -0.25) is 4.79 Å². The molecule has 0 spiro atoms. The predicted octanol–water partition coefficient (Wildman–Crippen LogP) is 4.80. The maximum absolute atomic E-state index is 12.8. The van der Waals surface area contributed by atoms with E-state index < -0.39 is 0 Å². The molecule has 2 aromatic carbocycles. The van der Waals surface area contributed by atoms with Crippen molar-refractivity contribution in [2.75, 3.05) is 13.1 Å². The average molecular weight is 332 g/mol. The highest BCUT2D eigenvalue weighted by atomic mass is 16.2. The van der Waals surface area contributed by atoms with Gasteiger partial charge in [-0.25, -0.2) is 0 Å². The van der Waals surface area contributed by atoms with Crippen molar-refractivity contribution in [3.8, 4) is 0 Å². The number of carbonyl (C=O) groups excluding carboxylic acids is 1. The fraction of sp³-hybridized carbons (Fsp3) is 0.318. The van der Waals surface area contributed by atoms with E-state index in [1.54, 1.807) is 0 Å². The number of hydrogen-bond acceptors (Lipinski definition) is 1. The molecule has 1 aromatic heterocycles. The zero-order valence-electron chi connectivity index (χ0n) is 14.9. The molecule has 1 aliphatic rings. The summed E-state index contributed by atoms with van der Waals surface area (Å²) in [5.41, 5.74) is 5.72. The van der Waals surface area contributed by atoms with E-state index in [-0.39, 0.29) is 5.91 Å². The van der Waals surface area contributed by atoms with E-state index in [2.05, 4.69) is 41.5 Å². The number of nitrogens with one attached hydrogen (secondary N) is 1. The lowest BCUT2D eigenvalue weighted by Crippen LogP contribution is -2.38. The number of aromatic nitrogens is 1. The van der Waals surface area contributed by atoms with Crippen molar-refractivity contribution >= 4 is 16.8 Å². The standard InChI is InChI=1S/C22H24N2O/c1-15-11-16(2)13-18(12-15)22(25)24-9-7-17(8-10-24)20-14-23-21-6-4-3-5-19(20)21/h3-6,11-14,17,23H,7-10H2,1-2H3. The molecule has 1 amide bonds. The lowest BCUT2D eigenvalue weighted by molar-refractivity contribution is 0.0713. The second-order valence-corrected chi connectivity index (χ2v) is 7.23. The van der Waals surface area contributed by atoms with Crippen LogP contribution in [0, 0.1) is 13.8 Å². The maximum atomic E-state index is 12.8. The quantitative estimate of drug-likeness (QED) is 0.718. The molecule has 3 aromatic rings. The predicted molar refractivity (Wildman–Crippen MR) is 102 cm³/mol. The number of piperidine rings is 1. The Hall–Kier alpha value is -2.55. The summed E-state index contributed by atoms with van der Waals surface area (Å²) >= 11 is 0. The second kappa shape index (κ2) is 6.40. The lowest BCUT2D eigenvalue weighted by atomic mass is 9.89. The van der Waals surface area contributed by atoms with E-state index in [9.17, 15) is 4.79 Å². The molecule has 1 aliphatic heterocycles. The average Bonchev–Trinajstić information content (AvgIpc) is 3.04. The molecule has 0 atom stereocenters. The first-order valence-electron chi connectivity index (χ1n) is 9.05. The van der Waals surface area contributed by atoms with Gasteiger partial charge >= 0.3 is 0 Å². The summed E-state index contributed by atoms with van der Waals surface area (Å²) in [6.07, 6.45) is 4.20. The summed E-state index contributed by atoms with van der Waals surface area (Å²) in [5.74, 6) is 0.698. The number of aryl methyl sites for hydroxylation is 2. The number of hydrogen-bond donors (Lipinski definition) is 1. The number of likely N-dealkylation sites (tertiary alicyclic amines) is 1. The van der Waals surface area contributed by atoms with Gasteiger partial charge in [0.2, 0.25) is 0 Å². The minimum atomic E-state index is 0.171. The van der Waals surface area contributed by atoms with Gasteiger partial charge in [-0.1, -0.05) is 35.4 Å². The van der Waals surface area contributed by atoms with Crippen LogP contribution < -0.4 is 0 Å². The monoisotopic (exact) mass is 332 g/mol. The number of rotatable bonds is 2. The number of benzene rings is 2. The Kier molecular flexibility index (Phi) is 4.08. The number of fused-ring (bicyclic) bond motifs is 1. The zero-order valence-corrected chi connectivity index (χ0v) is 14.9. The summed E-state index contributed by atoms with van der Waals surface area (Å²) in [5, 5.41) is 1.32. The minimum Gasteiger partial charge on any atom is -0.361 e. The Balaban J connectivity index is 1.48. The van der Waals surface area contributed by atoms with E-state index in [0.29, 0.717) is 5.92 Å². The Labute approximate surface area is 148 Å². The van der Waals surface area contributed by atoms with Gasteiger partial charge in [0.1, 0.15) is 0 Å². The van der Waals surface area contributed by atoms with Gasteiger partial charge in [0.25, 0.3) is 5.91 Å². The molecule has 2 heterocycles. The molecule has 3 heteroatoms. The molecule has 0 aliphatic carbocycles. The highest BCUT2D eigenvalue weighted by Gasteiger charge is 2.26. The van der Waals surface area contributed by atoms with Crippen molar-refractivity contribution in [2.45, 2.75) is 32.6 Å². The van der Waals surface area contributed by atoms with Crippen LogP contribution in [-0.4, -0.2) is 28.9 Å². The zero-order chi connectivity index (χ0) is 17.4. The smallest absolute Gasteiger partial charge is 0.253 e. The molecule has 1 fully saturated rings. The van der Waals surface area contributed by atoms with Gasteiger partial charge in [-0.05, 0) is 56.4 Å². The van der Waals surface area contributed by atoms with Gasteiger partial charge < -0.3 is 9.88 Å². The summed E-state index contributed by atoms with van der Waals surface area (Å²) < 4.78 is 0. The molecule has 0 bridgehead atoms. The van der Waals surface area contributed by atoms with Crippen LogP contribution >= 0.6 is 0 Å². The van der Waals surface area contributed by atoms with Gasteiger partial charge in [0, 0.05) is 35.8 Å². The van der Waals surface area contributed by atoms with E-state index in [1.165, 1.54) is 16.5 Å². The molecule has 4 rings (SSSR count). The van der Waals surface area contributed by atoms with Crippen molar-refractivity contribution in [2.24, 2.45) is 0 Å². The largest absolute Gasteiger partial charge is 0.361 e. The fourth-order valence-electron chi connectivity index (χ4n) is 4.11. The molecular weight excluding hydrogens is 308 g/mol. The van der Waals surface area contributed by atoms with Gasteiger partial charge in [-0.15, -0.1) is 0 Å². The molecule has 0 saturated carbocycles. The Morgan fingerprint density at radius 3 is 2.44 bits per heavy atom. The van der Waals surface area contributed by atoms with Crippen LogP contribution in [0.25, 0.3) is 10.9 Å². The third-order valence-corrected chi connectivity index (χ3v) is 5.31. The molecule has 1 N–H and O–H groups in total. The van der Waals surface area contributed by atoms with E-state index in [4.69, 9.17) is 0 Å². The van der Waals surface area contributed by atoms with Crippen molar-refractivity contribution in [3.63, 3.8) is 0 Å². The Morgan fingerprint density at radius 1 is 1.04 bits per heavy atom. The van der Waals surface area contributed by atoms with Crippen LogP contribution in [-0.2, 0) is 0 Å². The number of carbonyl (C=O) groups is 1. The van der Waals surface area contributed by atoms with Gasteiger partial charge in [-0.2, -0.15) is 0 Å². The van der Waals surface area contributed by atoms with Crippen LogP contribution in [0.1, 0.15) is 45.8 Å². The summed E-state index contributed by atoms with van der Waals surface area (Å²) in [6.45, 7) is 5.76. The fourth-order valence-corrected chi connectivity index (χ4v) is 4.11. The van der Waals surface area contributed by atoms with E-state index in [0.717, 1.165) is 42.6 Å². The maximum Gasteiger partial charge on any atom is 0.253 e. The third-order valence-electron chi connectivity index (χ3n) is 5.31. The van der Waals surface area contributed by atoms with Gasteiger partial charge in [0.05, 0.1) is 0 Å². The van der Waals surface area contributed by atoms with Crippen molar-refractivity contribution in [1.29, 1.82) is 0 Å². The van der Waals surface area contributed by atoms with Crippen LogP contribution in [0.3, 0.4) is 0 Å². The first kappa shape index (κ1) is 15.9.